The molecule has 2 aromatic rings. The Morgan fingerprint density at radius 3 is 2.50 bits per heavy atom. The predicted octanol–water partition coefficient (Wildman–Crippen LogP) is 3.07. The molecular weight excluding hydrogens is 358 g/mol. The monoisotopic (exact) mass is 385 g/mol. The lowest BCUT2D eigenvalue weighted by atomic mass is 10.1. The number of hydrogen-bond acceptors (Lipinski definition) is 5. The van der Waals surface area contributed by atoms with Gasteiger partial charge in [0.25, 0.3) is 0 Å². The van der Waals surface area contributed by atoms with Crippen molar-refractivity contribution in [1.29, 1.82) is 0 Å². The van der Waals surface area contributed by atoms with Gasteiger partial charge in [0.15, 0.2) is 11.5 Å². The Kier molecular flexibility index (Phi) is 6.26. The number of piperazine rings is 1. The van der Waals surface area contributed by atoms with Crippen molar-refractivity contribution < 1.29 is 19.4 Å². The average molecular weight is 385 g/mol. The molecule has 150 valence electrons. The van der Waals surface area contributed by atoms with Gasteiger partial charge in [-0.1, -0.05) is 12.1 Å². The summed E-state index contributed by atoms with van der Waals surface area (Å²) in [5.41, 5.74) is 2.86. The maximum absolute atomic E-state index is 12.5. The van der Waals surface area contributed by atoms with Gasteiger partial charge < -0.3 is 24.8 Å². The van der Waals surface area contributed by atoms with Crippen molar-refractivity contribution >= 4 is 11.7 Å². The number of rotatable bonds is 5. The lowest BCUT2D eigenvalue weighted by Gasteiger charge is -2.34. The molecule has 28 heavy (non-hydrogen) atoms. The van der Waals surface area contributed by atoms with Crippen LogP contribution in [0.1, 0.15) is 11.1 Å². The number of methoxy groups -OCH3 is 2. The number of anilines is 1. The van der Waals surface area contributed by atoms with Crippen LogP contribution in [0.3, 0.4) is 0 Å². The molecule has 7 nitrogen and oxygen atoms in total. The van der Waals surface area contributed by atoms with E-state index in [4.69, 9.17) is 9.47 Å². The maximum Gasteiger partial charge on any atom is 0.321 e. The summed E-state index contributed by atoms with van der Waals surface area (Å²) in [4.78, 5) is 16.5. The van der Waals surface area contributed by atoms with Gasteiger partial charge in [0.1, 0.15) is 0 Å². The third kappa shape index (κ3) is 4.67. The van der Waals surface area contributed by atoms with E-state index >= 15 is 0 Å². The molecule has 2 N–H and O–H groups in total. The zero-order valence-electron chi connectivity index (χ0n) is 16.6. The molecule has 2 aromatic carbocycles. The molecule has 0 spiro atoms. The normalized spacial score (nSPS) is 14.6. The van der Waals surface area contributed by atoms with Crippen LogP contribution >= 0.6 is 0 Å². The molecule has 2 amide bonds. The summed E-state index contributed by atoms with van der Waals surface area (Å²) in [6.45, 7) is 5.49. The quantitative estimate of drug-likeness (QED) is 0.827. The molecule has 1 fully saturated rings. The van der Waals surface area contributed by atoms with E-state index in [2.05, 4.69) is 10.2 Å². The van der Waals surface area contributed by atoms with E-state index in [-0.39, 0.29) is 11.8 Å². The van der Waals surface area contributed by atoms with E-state index in [1.54, 1.807) is 13.2 Å². The standard InChI is InChI=1S/C21H27N3O4/c1-15-5-4-6-17(11-15)22-21(26)24-9-7-23(8-10-24)14-16-12-18(25)20(28-3)19(13-16)27-2/h4-6,11-13,25H,7-10,14H2,1-3H3,(H,22,26). The van der Waals surface area contributed by atoms with Gasteiger partial charge in [-0.25, -0.2) is 4.79 Å². The van der Waals surface area contributed by atoms with Crippen LogP contribution in [-0.4, -0.2) is 61.3 Å². The molecule has 0 bridgehead atoms. The van der Waals surface area contributed by atoms with Crippen LogP contribution in [0.2, 0.25) is 0 Å². The number of aromatic hydroxyl groups is 1. The highest BCUT2D eigenvalue weighted by atomic mass is 16.5. The van der Waals surface area contributed by atoms with Crippen LogP contribution in [0, 0.1) is 6.92 Å². The third-order valence-electron chi connectivity index (χ3n) is 4.85. The van der Waals surface area contributed by atoms with Gasteiger partial charge in [-0.2, -0.15) is 0 Å². The van der Waals surface area contributed by atoms with Crippen molar-refractivity contribution in [2.75, 3.05) is 45.7 Å². The highest BCUT2D eigenvalue weighted by molar-refractivity contribution is 5.89. The molecule has 0 atom stereocenters. The van der Waals surface area contributed by atoms with E-state index in [0.717, 1.165) is 29.9 Å². The molecule has 0 aliphatic carbocycles. The fraction of sp³-hybridized carbons (Fsp3) is 0.381. The van der Waals surface area contributed by atoms with E-state index in [1.165, 1.54) is 7.11 Å². The SMILES string of the molecule is COc1cc(CN2CCN(C(=O)Nc3cccc(C)c3)CC2)cc(O)c1OC. The van der Waals surface area contributed by atoms with Gasteiger partial charge >= 0.3 is 6.03 Å². The van der Waals surface area contributed by atoms with Crippen molar-refractivity contribution in [3.05, 3.63) is 47.5 Å². The Labute approximate surface area is 165 Å². The number of aryl methyl sites for hydroxylation is 1. The number of carbonyl (C=O) groups excluding carboxylic acids is 1. The van der Waals surface area contributed by atoms with E-state index in [0.29, 0.717) is 31.1 Å². The van der Waals surface area contributed by atoms with E-state index in [9.17, 15) is 9.90 Å². The maximum atomic E-state index is 12.5. The van der Waals surface area contributed by atoms with Crippen molar-refractivity contribution in [1.82, 2.24) is 9.80 Å². The third-order valence-corrected chi connectivity index (χ3v) is 4.85. The first-order chi connectivity index (χ1) is 13.5. The molecule has 0 unspecified atom stereocenters. The number of amides is 2. The van der Waals surface area contributed by atoms with Gasteiger partial charge in [0, 0.05) is 38.4 Å². The minimum Gasteiger partial charge on any atom is -0.504 e. The van der Waals surface area contributed by atoms with Crippen LogP contribution in [0.4, 0.5) is 10.5 Å². The van der Waals surface area contributed by atoms with Gasteiger partial charge in [0.2, 0.25) is 5.75 Å². The number of carbonyl (C=O) groups is 1. The zero-order valence-corrected chi connectivity index (χ0v) is 16.6. The second-order valence-electron chi connectivity index (χ2n) is 6.91. The summed E-state index contributed by atoms with van der Waals surface area (Å²) in [6.07, 6.45) is 0. The van der Waals surface area contributed by atoms with Crippen LogP contribution < -0.4 is 14.8 Å². The summed E-state index contributed by atoms with van der Waals surface area (Å²) < 4.78 is 10.5. The number of phenols is 1. The Hall–Kier alpha value is -2.93. The Morgan fingerprint density at radius 2 is 1.86 bits per heavy atom. The van der Waals surface area contributed by atoms with Gasteiger partial charge in [0.05, 0.1) is 14.2 Å². The van der Waals surface area contributed by atoms with Gasteiger partial charge in [-0.3, -0.25) is 4.90 Å². The molecule has 7 heteroatoms. The minimum absolute atomic E-state index is 0.0630. The fourth-order valence-electron chi connectivity index (χ4n) is 3.38. The van der Waals surface area contributed by atoms with Crippen LogP contribution in [0.15, 0.2) is 36.4 Å². The van der Waals surface area contributed by atoms with Gasteiger partial charge in [-0.15, -0.1) is 0 Å². The van der Waals surface area contributed by atoms with Crippen LogP contribution in [-0.2, 0) is 6.54 Å². The minimum atomic E-state index is -0.0750. The number of nitrogens with zero attached hydrogens (tertiary/aromatic N) is 2. The highest BCUT2D eigenvalue weighted by Crippen LogP contribution is 2.37. The molecule has 0 saturated carbocycles. The first-order valence-electron chi connectivity index (χ1n) is 9.29. The van der Waals surface area contributed by atoms with E-state index in [1.807, 2.05) is 42.2 Å². The number of benzene rings is 2. The topological polar surface area (TPSA) is 74.3 Å². The Morgan fingerprint density at radius 1 is 1.11 bits per heavy atom. The number of nitrogens with one attached hydrogen (secondary N) is 1. The highest BCUT2D eigenvalue weighted by Gasteiger charge is 2.22. The summed E-state index contributed by atoms with van der Waals surface area (Å²) in [7, 11) is 3.05. The van der Waals surface area contributed by atoms with Crippen molar-refractivity contribution in [3.63, 3.8) is 0 Å². The van der Waals surface area contributed by atoms with Crippen molar-refractivity contribution in [2.24, 2.45) is 0 Å². The molecule has 1 aliphatic heterocycles. The second kappa shape index (κ2) is 8.84. The lowest BCUT2D eigenvalue weighted by molar-refractivity contribution is 0.143. The van der Waals surface area contributed by atoms with Crippen LogP contribution in [0.5, 0.6) is 17.2 Å². The largest absolute Gasteiger partial charge is 0.504 e. The lowest BCUT2D eigenvalue weighted by Crippen LogP contribution is -2.49. The number of hydrogen-bond donors (Lipinski definition) is 2. The van der Waals surface area contributed by atoms with Crippen molar-refractivity contribution in [3.8, 4) is 17.2 Å². The Bertz CT molecular complexity index is 832. The second-order valence-corrected chi connectivity index (χ2v) is 6.91. The number of phenolic OH excluding ortho intramolecular Hbond substituents is 1. The van der Waals surface area contributed by atoms with E-state index < -0.39 is 0 Å². The molecule has 0 aromatic heterocycles. The first-order valence-corrected chi connectivity index (χ1v) is 9.29. The molecule has 1 heterocycles. The smallest absolute Gasteiger partial charge is 0.321 e. The number of urea groups is 1. The van der Waals surface area contributed by atoms with Crippen molar-refractivity contribution in [2.45, 2.75) is 13.5 Å². The van der Waals surface area contributed by atoms with Crippen LogP contribution in [0.25, 0.3) is 0 Å². The summed E-state index contributed by atoms with van der Waals surface area (Å²) in [5.74, 6) is 0.908. The summed E-state index contributed by atoms with van der Waals surface area (Å²) in [6, 6.07) is 11.3. The zero-order chi connectivity index (χ0) is 20.1. The summed E-state index contributed by atoms with van der Waals surface area (Å²) in [5, 5.41) is 13.1. The predicted molar refractivity (Wildman–Crippen MR) is 108 cm³/mol. The fourth-order valence-corrected chi connectivity index (χ4v) is 3.38. The molecule has 3 rings (SSSR count). The molecule has 1 aliphatic rings. The molecule has 0 radical (unpaired) electrons. The Balaban J connectivity index is 1.55. The molecule has 1 saturated heterocycles. The average Bonchev–Trinajstić information content (AvgIpc) is 2.68. The first kappa shape index (κ1) is 19.8. The van der Waals surface area contributed by atoms with Gasteiger partial charge in [-0.05, 0) is 42.3 Å². The number of ether oxygens (including phenoxy) is 2. The molecular formula is C21H27N3O4. The summed E-state index contributed by atoms with van der Waals surface area (Å²) >= 11 is 0.